The molecule has 26 heavy (non-hydrogen) atoms. The van der Waals surface area contributed by atoms with Gasteiger partial charge in [0.15, 0.2) is 0 Å². The summed E-state index contributed by atoms with van der Waals surface area (Å²) in [4.78, 5) is 17.2. The summed E-state index contributed by atoms with van der Waals surface area (Å²) in [7, 11) is 0. The van der Waals surface area contributed by atoms with Gasteiger partial charge < -0.3 is 10.1 Å². The standard InChI is InChI=1S/C19H21FN4O2/c1-12-16(18(25)26-13-7-3-2-4-8-13)17(14-9-5-6-10-15(14)20)24-19(23-12)21-11-22-24/h5-6,9-11,13,17H,2-4,7-8H2,1H3,(H,21,22,23)/t17-/m0/s1. The number of benzene rings is 1. The van der Waals surface area contributed by atoms with E-state index in [1.807, 2.05) is 0 Å². The number of ether oxygens (including phenoxy) is 1. The second kappa shape index (κ2) is 6.90. The Balaban J connectivity index is 1.72. The Kier molecular flexibility index (Phi) is 4.44. The minimum absolute atomic E-state index is 0.0741. The summed E-state index contributed by atoms with van der Waals surface area (Å²) in [6, 6.07) is 5.71. The zero-order valence-electron chi connectivity index (χ0n) is 14.6. The molecule has 6 nitrogen and oxygen atoms in total. The van der Waals surface area contributed by atoms with Gasteiger partial charge in [-0.3, -0.25) is 0 Å². The molecule has 7 heteroatoms. The molecule has 2 aliphatic rings. The van der Waals surface area contributed by atoms with E-state index in [1.165, 1.54) is 23.5 Å². The number of esters is 1. The van der Waals surface area contributed by atoms with E-state index in [0.29, 0.717) is 22.8 Å². The summed E-state index contributed by atoms with van der Waals surface area (Å²) in [5.74, 6) is -0.335. The van der Waals surface area contributed by atoms with Crippen molar-refractivity contribution in [3.8, 4) is 0 Å². The summed E-state index contributed by atoms with van der Waals surface area (Å²) in [6.07, 6.45) is 6.39. The first-order valence-corrected chi connectivity index (χ1v) is 8.98. The summed E-state index contributed by atoms with van der Waals surface area (Å²) >= 11 is 0. The molecule has 1 saturated carbocycles. The lowest BCUT2D eigenvalue weighted by atomic mass is 9.94. The number of hydrogen-bond acceptors (Lipinski definition) is 5. The molecule has 0 unspecified atom stereocenters. The van der Waals surface area contributed by atoms with Crippen LogP contribution < -0.4 is 5.32 Å². The van der Waals surface area contributed by atoms with E-state index in [9.17, 15) is 9.18 Å². The Hall–Kier alpha value is -2.70. The summed E-state index contributed by atoms with van der Waals surface area (Å²) in [5, 5.41) is 7.28. The van der Waals surface area contributed by atoms with Crippen molar-refractivity contribution in [2.75, 3.05) is 5.32 Å². The number of allylic oxidation sites excluding steroid dienone is 1. The Morgan fingerprint density at radius 1 is 1.27 bits per heavy atom. The van der Waals surface area contributed by atoms with E-state index in [1.54, 1.807) is 25.1 Å². The van der Waals surface area contributed by atoms with Crippen LogP contribution in [0.5, 0.6) is 0 Å². The van der Waals surface area contributed by atoms with Crippen molar-refractivity contribution < 1.29 is 13.9 Å². The van der Waals surface area contributed by atoms with Gasteiger partial charge in [-0.2, -0.15) is 10.1 Å². The van der Waals surface area contributed by atoms with Crippen molar-refractivity contribution in [2.24, 2.45) is 0 Å². The van der Waals surface area contributed by atoms with Crippen LogP contribution in [0.15, 0.2) is 41.9 Å². The second-order valence-corrected chi connectivity index (χ2v) is 6.78. The quantitative estimate of drug-likeness (QED) is 0.852. The van der Waals surface area contributed by atoms with Gasteiger partial charge in [0.05, 0.1) is 5.57 Å². The molecule has 0 bridgehead atoms. The average Bonchev–Trinajstić information content (AvgIpc) is 3.10. The number of hydrogen-bond donors (Lipinski definition) is 1. The fourth-order valence-corrected chi connectivity index (χ4v) is 3.74. The molecule has 1 N–H and O–H groups in total. The molecule has 4 rings (SSSR count). The molecule has 1 aromatic heterocycles. The molecule has 1 aromatic carbocycles. The lowest BCUT2D eigenvalue weighted by Crippen LogP contribution is -2.32. The van der Waals surface area contributed by atoms with Gasteiger partial charge in [-0.25, -0.2) is 13.9 Å². The lowest BCUT2D eigenvalue weighted by molar-refractivity contribution is -0.146. The number of nitrogens with one attached hydrogen (secondary N) is 1. The van der Waals surface area contributed by atoms with Gasteiger partial charge >= 0.3 is 5.97 Å². The Labute approximate surface area is 151 Å². The maximum Gasteiger partial charge on any atom is 0.338 e. The van der Waals surface area contributed by atoms with E-state index < -0.39 is 17.8 Å². The number of carbonyl (C=O) groups excluding carboxylic acids is 1. The summed E-state index contributed by atoms with van der Waals surface area (Å²) in [5.41, 5.74) is 1.36. The third-order valence-electron chi connectivity index (χ3n) is 5.04. The van der Waals surface area contributed by atoms with Gasteiger partial charge in [0.2, 0.25) is 5.95 Å². The third-order valence-corrected chi connectivity index (χ3v) is 5.04. The second-order valence-electron chi connectivity index (χ2n) is 6.78. The molecule has 1 aliphatic carbocycles. The van der Waals surface area contributed by atoms with E-state index in [2.05, 4.69) is 15.4 Å². The van der Waals surface area contributed by atoms with Crippen LogP contribution in [0, 0.1) is 5.82 Å². The molecule has 1 atom stereocenters. The maximum atomic E-state index is 14.5. The molecule has 0 spiro atoms. The maximum absolute atomic E-state index is 14.5. The number of carbonyl (C=O) groups is 1. The predicted molar refractivity (Wildman–Crippen MR) is 93.8 cm³/mol. The van der Waals surface area contributed by atoms with E-state index in [-0.39, 0.29) is 6.10 Å². The molecule has 0 radical (unpaired) electrons. The Bertz CT molecular complexity index is 855. The molecular formula is C19H21FN4O2. The van der Waals surface area contributed by atoms with Crippen LogP contribution in [-0.2, 0) is 9.53 Å². The number of aromatic nitrogens is 3. The van der Waals surface area contributed by atoms with Crippen molar-refractivity contribution in [2.45, 2.75) is 51.2 Å². The van der Waals surface area contributed by atoms with E-state index >= 15 is 0 Å². The number of nitrogens with zero attached hydrogens (tertiary/aromatic N) is 3. The molecule has 2 aromatic rings. The number of fused-ring (bicyclic) bond motifs is 1. The van der Waals surface area contributed by atoms with Gasteiger partial charge in [-0.15, -0.1) is 0 Å². The monoisotopic (exact) mass is 356 g/mol. The average molecular weight is 356 g/mol. The molecule has 136 valence electrons. The number of anilines is 1. The fraction of sp³-hybridized carbons (Fsp3) is 0.421. The van der Waals surface area contributed by atoms with Crippen LogP contribution in [0.1, 0.15) is 50.6 Å². The SMILES string of the molecule is CC1=C(C(=O)OC2CCCCC2)[C@H](c2ccccc2F)n2ncnc2N1. The van der Waals surface area contributed by atoms with Gasteiger partial charge in [-0.1, -0.05) is 24.6 Å². The van der Waals surface area contributed by atoms with Crippen LogP contribution in [0.25, 0.3) is 0 Å². The minimum Gasteiger partial charge on any atom is -0.459 e. The van der Waals surface area contributed by atoms with Crippen molar-refractivity contribution in [3.05, 3.63) is 53.2 Å². The summed E-state index contributed by atoms with van der Waals surface area (Å²) in [6.45, 7) is 1.78. The van der Waals surface area contributed by atoms with Gasteiger partial charge in [0.25, 0.3) is 0 Å². The van der Waals surface area contributed by atoms with Gasteiger partial charge in [0.1, 0.15) is 24.3 Å². The van der Waals surface area contributed by atoms with Gasteiger partial charge in [-0.05, 0) is 38.7 Å². The van der Waals surface area contributed by atoms with E-state index in [4.69, 9.17) is 4.74 Å². The highest BCUT2D eigenvalue weighted by Crippen LogP contribution is 2.36. The van der Waals surface area contributed by atoms with Crippen molar-refractivity contribution in [1.29, 1.82) is 0 Å². The largest absolute Gasteiger partial charge is 0.459 e. The first-order valence-electron chi connectivity index (χ1n) is 8.98. The zero-order chi connectivity index (χ0) is 18.1. The van der Waals surface area contributed by atoms with Crippen LogP contribution in [0.2, 0.25) is 0 Å². The van der Waals surface area contributed by atoms with Crippen molar-refractivity contribution in [1.82, 2.24) is 14.8 Å². The molecule has 0 saturated heterocycles. The highest BCUT2D eigenvalue weighted by atomic mass is 19.1. The topological polar surface area (TPSA) is 69.0 Å². The highest BCUT2D eigenvalue weighted by molar-refractivity contribution is 5.92. The molecular weight excluding hydrogens is 335 g/mol. The zero-order valence-corrected chi connectivity index (χ0v) is 14.6. The molecule has 2 heterocycles. The predicted octanol–water partition coefficient (Wildman–Crippen LogP) is 3.58. The Morgan fingerprint density at radius 2 is 2.04 bits per heavy atom. The number of rotatable bonds is 3. The summed E-state index contributed by atoms with van der Waals surface area (Å²) < 4.78 is 21.8. The highest BCUT2D eigenvalue weighted by Gasteiger charge is 2.36. The minimum atomic E-state index is -0.703. The van der Waals surface area contributed by atoms with E-state index in [0.717, 1.165) is 25.7 Å². The Morgan fingerprint density at radius 3 is 2.81 bits per heavy atom. The molecule has 0 amide bonds. The molecule has 1 fully saturated rings. The first-order chi connectivity index (χ1) is 12.6. The van der Waals surface area contributed by atoms with Crippen molar-refractivity contribution in [3.63, 3.8) is 0 Å². The van der Waals surface area contributed by atoms with Crippen LogP contribution in [0.4, 0.5) is 10.3 Å². The van der Waals surface area contributed by atoms with Crippen molar-refractivity contribution >= 4 is 11.9 Å². The normalized spacial score (nSPS) is 20.5. The lowest BCUT2D eigenvalue weighted by Gasteiger charge is -2.30. The smallest absolute Gasteiger partial charge is 0.338 e. The third kappa shape index (κ3) is 2.98. The number of halogens is 1. The van der Waals surface area contributed by atoms with Crippen LogP contribution in [0.3, 0.4) is 0 Å². The fourth-order valence-electron chi connectivity index (χ4n) is 3.74. The first kappa shape index (κ1) is 16.8. The van der Waals surface area contributed by atoms with Crippen LogP contribution >= 0.6 is 0 Å². The molecule has 1 aliphatic heterocycles. The van der Waals surface area contributed by atoms with Crippen LogP contribution in [-0.4, -0.2) is 26.8 Å². The van der Waals surface area contributed by atoms with Gasteiger partial charge in [0, 0.05) is 11.3 Å².